The summed E-state index contributed by atoms with van der Waals surface area (Å²) in [7, 11) is 0. The van der Waals surface area contributed by atoms with Crippen LogP contribution in [0.3, 0.4) is 0 Å². The molecule has 1 amide bonds. The molecule has 5 heterocycles. The number of aromatic nitrogens is 3. The largest absolute Gasteiger partial charge is 0.478 e. The number of anilines is 2. The summed E-state index contributed by atoms with van der Waals surface area (Å²) in [6, 6.07) is 1.89. The second-order valence-corrected chi connectivity index (χ2v) is 10.1. The van der Waals surface area contributed by atoms with Gasteiger partial charge in [0.15, 0.2) is 17.4 Å². The van der Waals surface area contributed by atoms with Crippen LogP contribution in [0, 0.1) is 11.3 Å². The van der Waals surface area contributed by atoms with E-state index < -0.39 is 11.0 Å². The summed E-state index contributed by atoms with van der Waals surface area (Å²) in [6.45, 7) is 3.16. The molecular weight excluding hydrogens is 413 g/mol. The Morgan fingerprint density at radius 2 is 2.22 bits per heavy atom. The van der Waals surface area contributed by atoms with Crippen molar-refractivity contribution < 1.29 is 13.9 Å². The minimum absolute atomic E-state index is 0.149. The molecule has 2 spiro atoms. The Labute approximate surface area is 183 Å². The van der Waals surface area contributed by atoms with E-state index in [0.29, 0.717) is 24.1 Å². The maximum absolute atomic E-state index is 14.6. The van der Waals surface area contributed by atoms with Crippen molar-refractivity contribution in [2.45, 2.75) is 50.1 Å². The molecule has 1 unspecified atom stereocenters. The highest BCUT2D eigenvalue weighted by molar-refractivity contribution is 6.05. The van der Waals surface area contributed by atoms with Crippen LogP contribution in [0.4, 0.5) is 16.0 Å². The standard InChI is InChI=1S/C22H24FN7O2/c1-20-9-13(23)10-25-19(20)32-11-21(4-5-21)27-18(31)15-16(24)28-30-7-3-14(26-17(15)30)29-6-2-12-8-22(12,20)29/h3,7,10,12H,2,4-6,8-9,11H2,1H3,(H2,24,28)(H,27,31)/t12-,20?,22+/m0/s1. The summed E-state index contributed by atoms with van der Waals surface area (Å²) in [5.74, 6) is 1.32. The Morgan fingerprint density at radius 1 is 1.38 bits per heavy atom. The van der Waals surface area contributed by atoms with Gasteiger partial charge in [0.1, 0.15) is 23.8 Å². The van der Waals surface area contributed by atoms with E-state index in [1.165, 1.54) is 6.20 Å². The fourth-order valence-corrected chi connectivity index (χ4v) is 6.30. The average Bonchev–Trinajstić information content (AvgIpc) is 3.61. The van der Waals surface area contributed by atoms with Crippen molar-refractivity contribution in [3.63, 3.8) is 0 Å². The number of carbonyl (C=O) groups is 1. The van der Waals surface area contributed by atoms with E-state index in [4.69, 9.17) is 15.5 Å². The Hall–Kier alpha value is -3.17. The number of allylic oxidation sites excluding steroid dienone is 1. The van der Waals surface area contributed by atoms with E-state index in [2.05, 4.69) is 27.2 Å². The highest BCUT2D eigenvalue weighted by atomic mass is 19.1. The predicted molar refractivity (Wildman–Crippen MR) is 115 cm³/mol. The topological polar surface area (TPSA) is 110 Å². The lowest BCUT2D eigenvalue weighted by Crippen LogP contribution is -2.54. The van der Waals surface area contributed by atoms with Crippen LogP contribution in [-0.2, 0) is 4.74 Å². The van der Waals surface area contributed by atoms with E-state index >= 15 is 0 Å². The molecule has 2 bridgehead atoms. The predicted octanol–water partition coefficient (Wildman–Crippen LogP) is 2.19. The zero-order valence-electron chi connectivity index (χ0n) is 17.8. The Kier molecular flexibility index (Phi) is 3.22. The van der Waals surface area contributed by atoms with E-state index in [0.717, 1.165) is 38.0 Å². The number of nitrogens with two attached hydrogens (primary N) is 1. The average molecular weight is 437 g/mol. The first-order valence-electron chi connectivity index (χ1n) is 11.2. The SMILES string of the molecule is CC12CC(F)=CN=C1OCC1(CC1)NC(=O)c1c(N)nn3ccc(nc13)N1CC[C@H]3C[C@]312. The van der Waals surface area contributed by atoms with Crippen LogP contribution in [0.2, 0.25) is 0 Å². The van der Waals surface area contributed by atoms with Crippen LogP contribution in [0.25, 0.3) is 5.65 Å². The Balaban J connectivity index is 1.45. The third kappa shape index (κ3) is 2.17. The third-order valence-corrected chi connectivity index (χ3v) is 8.25. The number of aliphatic imine (C=N–C) groups is 1. The summed E-state index contributed by atoms with van der Waals surface area (Å²) in [4.78, 5) is 24.8. The molecule has 32 heavy (non-hydrogen) atoms. The van der Waals surface area contributed by atoms with Crippen molar-refractivity contribution in [3.05, 3.63) is 29.9 Å². The number of piperidine rings is 1. The highest BCUT2D eigenvalue weighted by Crippen LogP contribution is 2.67. The van der Waals surface area contributed by atoms with Gasteiger partial charge in [-0.05, 0) is 44.6 Å². The van der Waals surface area contributed by atoms with Crippen LogP contribution < -0.4 is 16.0 Å². The van der Waals surface area contributed by atoms with Crippen molar-refractivity contribution in [3.8, 4) is 0 Å². The summed E-state index contributed by atoms with van der Waals surface area (Å²) in [5.41, 5.74) is 5.41. The maximum Gasteiger partial charge on any atom is 0.259 e. The number of ether oxygens (including phenoxy) is 1. The fourth-order valence-electron chi connectivity index (χ4n) is 6.30. The zero-order valence-corrected chi connectivity index (χ0v) is 17.8. The zero-order chi connectivity index (χ0) is 21.9. The molecule has 3 N–H and O–H groups in total. The molecule has 5 aliphatic rings. The van der Waals surface area contributed by atoms with Gasteiger partial charge in [-0.15, -0.1) is 5.10 Å². The molecule has 0 radical (unpaired) electrons. The van der Waals surface area contributed by atoms with Crippen LogP contribution >= 0.6 is 0 Å². The lowest BCUT2D eigenvalue weighted by molar-refractivity contribution is 0.0904. The van der Waals surface area contributed by atoms with Crippen molar-refractivity contribution in [2.75, 3.05) is 23.8 Å². The van der Waals surface area contributed by atoms with E-state index in [-0.39, 0.29) is 35.1 Å². The van der Waals surface area contributed by atoms with Crippen LogP contribution in [0.5, 0.6) is 0 Å². The molecule has 2 aromatic heterocycles. The molecule has 166 valence electrons. The van der Waals surface area contributed by atoms with Crippen molar-refractivity contribution in [1.82, 2.24) is 19.9 Å². The molecular formula is C22H24FN7O2. The van der Waals surface area contributed by atoms with Gasteiger partial charge in [0.05, 0.1) is 22.7 Å². The van der Waals surface area contributed by atoms with E-state index in [1.807, 2.05) is 6.07 Å². The van der Waals surface area contributed by atoms with Gasteiger partial charge in [0, 0.05) is 19.2 Å². The van der Waals surface area contributed by atoms with Gasteiger partial charge in [-0.3, -0.25) is 4.79 Å². The van der Waals surface area contributed by atoms with Crippen molar-refractivity contribution in [2.24, 2.45) is 16.3 Å². The number of hydrogen-bond donors (Lipinski definition) is 2. The molecule has 2 saturated carbocycles. The number of carbonyl (C=O) groups excluding carboxylic acids is 1. The quantitative estimate of drug-likeness (QED) is 0.654. The van der Waals surface area contributed by atoms with Crippen molar-refractivity contribution in [1.29, 1.82) is 0 Å². The molecule has 3 atom stereocenters. The molecule has 7 rings (SSSR count). The number of nitrogen functional groups attached to an aromatic ring is 1. The molecule has 0 aromatic carbocycles. The first-order valence-corrected chi connectivity index (χ1v) is 11.2. The van der Waals surface area contributed by atoms with Crippen LogP contribution in [0.1, 0.15) is 49.4 Å². The summed E-state index contributed by atoms with van der Waals surface area (Å²) in [6.07, 6.45) is 6.82. The summed E-state index contributed by atoms with van der Waals surface area (Å²) in [5, 5.41) is 7.39. The minimum Gasteiger partial charge on any atom is -0.478 e. The first kappa shape index (κ1) is 18.4. The molecule has 3 aliphatic heterocycles. The van der Waals surface area contributed by atoms with Crippen LogP contribution in [0.15, 0.2) is 29.3 Å². The summed E-state index contributed by atoms with van der Waals surface area (Å²) >= 11 is 0. The fraction of sp³-hybridized carbons (Fsp3) is 0.545. The second kappa shape index (κ2) is 5.60. The van der Waals surface area contributed by atoms with Crippen LogP contribution in [-0.4, -0.2) is 50.6 Å². The first-order chi connectivity index (χ1) is 15.4. The molecule has 1 saturated heterocycles. The number of fused-ring (bicyclic) bond motifs is 3. The van der Waals surface area contributed by atoms with Gasteiger partial charge < -0.3 is 20.7 Å². The lowest BCUT2D eigenvalue weighted by atomic mass is 9.73. The number of rotatable bonds is 0. The van der Waals surface area contributed by atoms with Gasteiger partial charge in [-0.2, -0.15) is 0 Å². The number of nitrogens with zero attached hydrogens (tertiary/aromatic N) is 5. The third-order valence-electron chi connectivity index (χ3n) is 8.25. The van der Waals surface area contributed by atoms with E-state index in [9.17, 15) is 9.18 Å². The summed E-state index contributed by atoms with van der Waals surface area (Å²) < 4.78 is 22.5. The molecule has 10 heteroatoms. The lowest BCUT2D eigenvalue weighted by Gasteiger charge is -2.44. The molecule has 9 nitrogen and oxygen atoms in total. The van der Waals surface area contributed by atoms with Gasteiger partial charge >= 0.3 is 0 Å². The maximum atomic E-state index is 14.6. The molecule has 2 aromatic rings. The second-order valence-electron chi connectivity index (χ2n) is 10.1. The molecule has 2 aliphatic carbocycles. The molecule has 3 fully saturated rings. The number of hydrogen-bond acceptors (Lipinski definition) is 7. The highest BCUT2D eigenvalue weighted by Gasteiger charge is 2.73. The van der Waals surface area contributed by atoms with Crippen molar-refractivity contribution >= 4 is 29.1 Å². The number of amides is 1. The van der Waals surface area contributed by atoms with Gasteiger partial charge in [-0.25, -0.2) is 18.9 Å². The smallest absolute Gasteiger partial charge is 0.259 e. The normalized spacial score (nSPS) is 34.2. The van der Waals surface area contributed by atoms with E-state index in [1.54, 1.807) is 10.7 Å². The minimum atomic E-state index is -0.628. The number of nitrogens with one attached hydrogen (secondary N) is 1. The Morgan fingerprint density at radius 3 is 3.00 bits per heavy atom. The van der Waals surface area contributed by atoms with Gasteiger partial charge in [0.2, 0.25) is 0 Å². The van der Waals surface area contributed by atoms with Gasteiger partial charge in [0.25, 0.3) is 5.91 Å². The Bertz CT molecular complexity index is 1260. The number of halogens is 1. The monoisotopic (exact) mass is 437 g/mol. The van der Waals surface area contributed by atoms with Gasteiger partial charge in [-0.1, -0.05) is 0 Å².